The Kier molecular flexibility index (Phi) is 1.63. The van der Waals surface area contributed by atoms with E-state index in [-0.39, 0.29) is 5.78 Å². The standard InChI is InChI=1S/C12H12O2/c13-11-6-7-14-12-9-3-1-2-8(9)4-5-10(11)12/h4-5H,1-3,6-7H2. The number of ether oxygens (including phenoxy) is 1. The van der Waals surface area contributed by atoms with Crippen molar-refractivity contribution < 1.29 is 9.53 Å². The van der Waals surface area contributed by atoms with E-state index in [0.717, 1.165) is 24.2 Å². The van der Waals surface area contributed by atoms with Crippen molar-refractivity contribution in [3.63, 3.8) is 0 Å². The van der Waals surface area contributed by atoms with Gasteiger partial charge in [-0.05, 0) is 36.5 Å². The summed E-state index contributed by atoms with van der Waals surface area (Å²) in [4.78, 5) is 11.6. The summed E-state index contributed by atoms with van der Waals surface area (Å²) < 4.78 is 5.62. The predicted octanol–water partition coefficient (Wildman–Crippen LogP) is 2.14. The van der Waals surface area contributed by atoms with Crippen LogP contribution in [0.2, 0.25) is 0 Å². The highest BCUT2D eigenvalue weighted by atomic mass is 16.5. The molecule has 2 nitrogen and oxygen atoms in total. The van der Waals surface area contributed by atoms with E-state index in [9.17, 15) is 4.79 Å². The van der Waals surface area contributed by atoms with Crippen molar-refractivity contribution in [2.24, 2.45) is 0 Å². The molecule has 2 aliphatic rings. The molecular formula is C12H12O2. The number of benzene rings is 1. The summed E-state index contributed by atoms with van der Waals surface area (Å²) in [5.74, 6) is 1.12. The third-order valence-electron chi connectivity index (χ3n) is 3.11. The fraction of sp³-hybridized carbons (Fsp3) is 0.417. The Hall–Kier alpha value is -1.31. The molecule has 0 bridgehead atoms. The highest BCUT2D eigenvalue weighted by Crippen LogP contribution is 2.36. The van der Waals surface area contributed by atoms with Gasteiger partial charge in [-0.2, -0.15) is 0 Å². The summed E-state index contributed by atoms with van der Waals surface area (Å²) in [6, 6.07) is 4.02. The summed E-state index contributed by atoms with van der Waals surface area (Å²) in [6.07, 6.45) is 3.95. The number of Topliss-reactive ketones (excluding diaryl/α,β-unsaturated/α-hetero) is 1. The smallest absolute Gasteiger partial charge is 0.170 e. The van der Waals surface area contributed by atoms with Crippen molar-refractivity contribution in [3.05, 3.63) is 28.8 Å². The van der Waals surface area contributed by atoms with Crippen LogP contribution in [-0.2, 0) is 12.8 Å². The Balaban J connectivity index is 2.22. The maximum absolute atomic E-state index is 11.6. The zero-order chi connectivity index (χ0) is 9.54. The quantitative estimate of drug-likeness (QED) is 0.623. The minimum Gasteiger partial charge on any atom is -0.492 e. The van der Waals surface area contributed by atoms with Crippen molar-refractivity contribution in [1.29, 1.82) is 0 Å². The van der Waals surface area contributed by atoms with E-state index in [1.165, 1.54) is 17.5 Å². The lowest BCUT2D eigenvalue weighted by molar-refractivity contribution is 0.0932. The fourth-order valence-corrected chi connectivity index (χ4v) is 2.40. The summed E-state index contributed by atoms with van der Waals surface area (Å²) in [5.41, 5.74) is 3.46. The molecule has 0 atom stereocenters. The number of fused-ring (bicyclic) bond motifs is 3. The molecule has 1 aromatic rings. The minimum absolute atomic E-state index is 0.237. The van der Waals surface area contributed by atoms with Crippen molar-refractivity contribution in [2.75, 3.05) is 6.61 Å². The molecule has 0 amide bonds. The maximum atomic E-state index is 11.6. The van der Waals surface area contributed by atoms with E-state index < -0.39 is 0 Å². The molecule has 1 aliphatic carbocycles. The van der Waals surface area contributed by atoms with E-state index in [4.69, 9.17) is 4.74 Å². The molecule has 0 saturated heterocycles. The van der Waals surface area contributed by atoms with Gasteiger partial charge in [-0.15, -0.1) is 0 Å². The maximum Gasteiger partial charge on any atom is 0.170 e. The average Bonchev–Trinajstić information content (AvgIpc) is 2.66. The monoisotopic (exact) mass is 188 g/mol. The number of hydrogen-bond acceptors (Lipinski definition) is 2. The number of carbonyl (C=O) groups excluding carboxylic acids is 1. The summed E-state index contributed by atoms with van der Waals surface area (Å²) in [6.45, 7) is 0.558. The van der Waals surface area contributed by atoms with Gasteiger partial charge in [0.1, 0.15) is 5.75 Å². The first-order valence-electron chi connectivity index (χ1n) is 5.17. The first kappa shape index (κ1) is 8.04. The van der Waals surface area contributed by atoms with Crippen LogP contribution >= 0.6 is 0 Å². The van der Waals surface area contributed by atoms with Gasteiger partial charge in [0.25, 0.3) is 0 Å². The zero-order valence-corrected chi connectivity index (χ0v) is 8.01. The average molecular weight is 188 g/mol. The van der Waals surface area contributed by atoms with Gasteiger partial charge in [0, 0.05) is 6.42 Å². The van der Waals surface area contributed by atoms with Crippen molar-refractivity contribution in [2.45, 2.75) is 25.7 Å². The number of aryl methyl sites for hydroxylation is 1. The van der Waals surface area contributed by atoms with Gasteiger partial charge >= 0.3 is 0 Å². The van der Waals surface area contributed by atoms with Crippen LogP contribution in [0.15, 0.2) is 12.1 Å². The van der Waals surface area contributed by atoms with Crippen molar-refractivity contribution in [1.82, 2.24) is 0 Å². The van der Waals surface area contributed by atoms with Gasteiger partial charge in [0.15, 0.2) is 5.78 Å². The second-order valence-corrected chi connectivity index (χ2v) is 3.96. The number of hydrogen-bond donors (Lipinski definition) is 0. The molecule has 72 valence electrons. The molecule has 0 fully saturated rings. The molecule has 0 spiro atoms. The SMILES string of the molecule is O=C1CCOc2c1ccc1c2CCC1. The molecule has 1 heterocycles. The number of ketones is 1. The van der Waals surface area contributed by atoms with E-state index in [0.29, 0.717) is 13.0 Å². The molecule has 1 aromatic carbocycles. The van der Waals surface area contributed by atoms with E-state index >= 15 is 0 Å². The normalized spacial score (nSPS) is 18.7. The van der Waals surface area contributed by atoms with Crippen LogP contribution in [0.1, 0.15) is 34.3 Å². The van der Waals surface area contributed by atoms with Crippen LogP contribution in [-0.4, -0.2) is 12.4 Å². The van der Waals surface area contributed by atoms with E-state index in [1.54, 1.807) is 0 Å². The van der Waals surface area contributed by atoms with Crippen molar-refractivity contribution >= 4 is 5.78 Å². The Labute approximate surface area is 82.9 Å². The van der Waals surface area contributed by atoms with Crippen LogP contribution in [0, 0.1) is 0 Å². The molecule has 0 saturated carbocycles. The number of carbonyl (C=O) groups is 1. The Morgan fingerprint density at radius 2 is 2.07 bits per heavy atom. The van der Waals surface area contributed by atoms with Gasteiger partial charge in [-0.3, -0.25) is 4.79 Å². The van der Waals surface area contributed by atoms with Crippen LogP contribution < -0.4 is 4.74 Å². The van der Waals surface area contributed by atoms with Crippen LogP contribution in [0.5, 0.6) is 5.75 Å². The van der Waals surface area contributed by atoms with Crippen LogP contribution in [0.3, 0.4) is 0 Å². The minimum atomic E-state index is 0.237. The first-order valence-corrected chi connectivity index (χ1v) is 5.17. The highest BCUT2D eigenvalue weighted by Gasteiger charge is 2.25. The Bertz CT molecular complexity index is 407. The molecule has 2 heteroatoms. The lowest BCUT2D eigenvalue weighted by Crippen LogP contribution is -2.16. The second kappa shape index (κ2) is 2.84. The zero-order valence-electron chi connectivity index (χ0n) is 8.01. The Morgan fingerprint density at radius 3 is 3.00 bits per heavy atom. The largest absolute Gasteiger partial charge is 0.492 e. The molecule has 0 radical (unpaired) electrons. The van der Waals surface area contributed by atoms with Gasteiger partial charge in [0.05, 0.1) is 12.2 Å². The lowest BCUT2D eigenvalue weighted by atomic mass is 9.98. The van der Waals surface area contributed by atoms with Crippen LogP contribution in [0.4, 0.5) is 0 Å². The second-order valence-electron chi connectivity index (χ2n) is 3.96. The summed E-state index contributed by atoms with van der Waals surface area (Å²) in [7, 11) is 0. The molecule has 14 heavy (non-hydrogen) atoms. The van der Waals surface area contributed by atoms with Crippen LogP contribution in [0.25, 0.3) is 0 Å². The molecule has 0 unspecified atom stereocenters. The molecular weight excluding hydrogens is 176 g/mol. The molecule has 0 aromatic heterocycles. The van der Waals surface area contributed by atoms with Gasteiger partial charge in [-0.1, -0.05) is 6.07 Å². The summed E-state index contributed by atoms with van der Waals surface area (Å²) in [5, 5.41) is 0. The first-order chi connectivity index (χ1) is 6.86. The van der Waals surface area contributed by atoms with E-state index in [2.05, 4.69) is 6.07 Å². The fourth-order valence-electron chi connectivity index (χ4n) is 2.40. The lowest BCUT2D eigenvalue weighted by Gasteiger charge is -2.19. The van der Waals surface area contributed by atoms with Gasteiger partial charge < -0.3 is 4.74 Å². The number of rotatable bonds is 0. The predicted molar refractivity (Wildman–Crippen MR) is 52.9 cm³/mol. The summed E-state index contributed by atoms with van der Waals surface area (Å²) >= 11 is 0. The highest BCUT2D eigenvalue weighted by molar-refractivity contribution is 6.00. The topological polar surface area (TPSA) is 26.3 Å². The molecule has 3 rings (SSSR count). The molecule has 1 aliphatic heterocycles. The van der Waals surface area contributed by atoms with E-state index in [1.807, 2.05) is 6.07 Å². The van der Waals surface area contributed by atoms with Gasteiger partial charge in [-0.25, -0.2) is 0 Å². The Morgan fingerprint density at radius 1 is 1.14 bits per heavy atom. The van der Waals surface area contributed by atoms with Crippen molar-refractivity contribution in [3.8, 4) is 5.75 Å². The molecule has 0 N–H and O–H groups in total. The third kappa shape index (κ3) is 0.999. The third-order valence-corrected chi connectivity index (χ3v) is 3.11. The van der Waals surface area contributed by atoms with Gasteiger partial charge in [0.2, 0.25) is 0 Å².